The monoisotopic (exact) mass is 346 g/mol. The summed E-state index contributed by atoms with van der Waals surface area (Å²) in [4.78, 5) is 12.4. The summed E-state index contributed by atoms with van der Waals surface area (Å²) in [5.41, 5.74) is 6.02. The number of halogens is 2. The van der Waals surface area contributed by atoms with Gasteiger partial charge < -0.3 is 15.8 Å². The van der Waals surface area contributed by atoms with Gasteiger partial charge in [-0.15, -0.1) is 0 Å². The molecule has 2 aromatic carbocycles. The van der Waals surface area contributed by atoms with Crippen LogP contribution in [0.25, 0.3) is 0 Å². The maximum absolute atomic E-state index is 13.4. The summed E-state index contributed by atoms with van der Waals surface area (Å²) in [7, 11) is 0. The van der Waals surface area contributed by atoms with Gasteiger partial charge in [0.15, 0.2) is 0 Å². The van der Waals surface area contributed by atoms with E-state index in [4.69, 9.17) is 10.5 Å². The topological polar surface area (TPSA) is 64.3 Å². The number of nitrogens with two attached hydrogens (primary N) is 1. The lowest BCUT2D eigenvalue weighted by atomic mass is 10.0. The largest absolute Gasteiger partial charge is 0.492 e. The van der Waals surface area contributed by atoms with Crippen LogP contribution >= 0.6 is 0 Å². The molecule has 6 heteroatoms. The Kier molecular flexibility index (Phi) is 4.99. The fourth-order valence-electron chi connectivity index (χ4n) is 2.86. The Morgan fingerprint density at radius 3 is 2.52 bits per heavy atom. The lowest BCUT2D eigenvalue weighted by molar-refractivity contribution is -0.121. The first kappa shape index (κ1) is 17.4. The van der Waals surface area contributed by atoms with E-state index in [-0.39, 0.29) is 12.3 Å². The second kappa shape index (κ2) is 7.19. The maximum atomic E-state index is 13.4. The molecule has 0 aromatic heterocycles. The first-order chi connectivity index (χ1) is 12.0. The van der Waals surface area contributed by atoms with E-state index in [1.807, 2.05) is 12.1 Å². The van der Waals surface area contributed by atoms with Crippen LogP contribution < -0.4 is 15.8 Å². The molecule has 25 heavy (non-hydrogen) atoms. The predicted octanol–water partition coefficient (Wildman–Crippen LogP) is 2.65. The van der Waals surface area contributed by atoms with Crippen molar-refractivity contribution >= 4 is 5.91 Å². The molecule has 0 aliphatic heterocycles. The molecule has 1 fully saturated rings. The first-order valence-electron chi connectivity index (χ1n) is 8.20. The Hall–Kier alpha value is -2.47. The van der Waals surface area contributed by atoms with E-state index in [0.29, 0.717) is 37.3 Å². The van der Waals surface area contributed by atoms with Crippen molar-refractivity contribution in [3.63, 3.8) is 0 Å². The minimum Gasteiger partial charge on any atom is -0.492 e. The maximum Gasteiger partial charge on any atom is 0.225 e. The summed E-state index contributed by atoms with van der Waals surface area (Å²) >= 11 is 0. The zero-order chi connectivity index (χ0) is 17.9. The summed E-state index contributed by atoms with van der Waals surface area (Å²) in [6, 6.07) is 10.6. The molecule has 1 saturated carbocycles. The SMILES string of the molecule is NCCOc1cccc(CC(=O)NC2(c3cc(F)cc(F)c3)CC2)c1. The molecule has 132 valence electrons. The standard InChI is InChI=1S/C19H20F2N2O2/c20-15-10-14(11-16(21)12-15)19(4-5-19)23-18(24)9-13-2-1-3-17(8-13)25-7-6-22/h1-3,8,10-12H,4-7,9,22H2,(H,23,24). The average Bonchev–Trinajstić information content (AvgIpc) is 3.33. The molecule has 1 amide bonds. The van der Waals surface area contributed by atoms with Crippen LogP contribution in [0.4, 0.5) is 8.78 Å². The van der Waals surface area contributed by atoms with Crippen molar-refractivity contribution in [3.8, 4) is 5.75 Å². The van der Waals surface area contributed by atoms with Crippen molar-refractivity contribution < 1.29 is 18.3 Å². The number of benzene rings is 2. The van der Waals surface area contributed by atoms with Gasteiger partial charge in [0.2, 0.25) is 5.91 Å². The summed E-state index contributed by atoms with van der Waals surface area (Å²) in [6.45, 7) is 0.821. The third kappa shape index (κ3) is 4.33. The van der Waals surface area contributed by atoms with Crippen LogP contribution in [0.2, 0.25) is 0 Å². The summed E-state index contributed by atoms with van der Waals surface area (Å²) in [6.07, 6.45) is 1.50. The van der Waals surface area contributed by atoms with Crippen LogP contribution in [-0.4, -0.2) is 19.1 Å². The summed E-state index contributed by atoms with van der Waals surface area (Å²) in [5.74, 6) is -0.817. The fraction of sp³-hybridized carbons (Fsp3) is 0.316. The number of carbonyl (C=O) groups is 1. The Labute approximate surface area is 145 Å². The molecule has 0 bridgehead atoms. The van der Waals surface area contributed by atoms with Crippen LogP contribution in [-0.2, 0) is 16.8 Å². The molecule has 0 atom stereocenters. The highest BCUT2D eigenvalue weighted by Crippen LogP contribution is 2.45. The normalized spacial score (nSPS) is 14.8. The highest BCUT2D eigenvalue weighted by Gasteiger charge is 2.46. The van der Waals surface area contributed by atoms with E-state index >= 15 is 0 Å². The first-order valence-corrected chi connectivity index (χ1v) is 8.20. The molecule has 4 nitrogen and oxygen atoms in total. The third-order valence-corrected chi connectivity index (χ3v) is 4.19. The highest BCUT2D eigenvalue weighted by molar-refractivity contribution is 5.80. The molecule has 3 N–H and O–H groups in total. The van der Waals surface area contributed by atoms with Crippen LogP contribution in [0.15, 0.2) is 42.5 Å². The minimum absolute atomic E-state index is 0.166. The van der Waals surface area contributed by atoms with Crippen LogP contribution in [0.3, 0.4) is 0 Å². The van der Waals surface area contributed by atoms with Crippen molar-refractivity contribution in [2.45, 2.75) is 24.8 Å². The fourth-order valence-corrected chi connectivity index (χ4v) is 2.86. The van der Waals surface area contributed by atoms with Gasteiger partial charge >= 0.3 is 0 Å². The Morgan fingerprint density at radius 2 is 1.88 bits per heavy atom. The Bertz CT molecular complexity index is 756. The van der Waals surface area contributed by atoms with E-state index in [1.165, 1.54) is 12.1 Å². The van der Waals surface area contributed by atoms with Gasteiger partial charge in [0.25, 0.3) is 0 Å². The predicted molar refractivity (Wildman–Crippen MR) is 90.1 cm³/mol. The van der Waals surface area contributed by atoms with E-state index in [1.54, 1.807) is 12.1 Å². The number of carbonyl (C=O) groups excluding carboxylic acids is 1. The van der Waals surface area contributed by atoms with Crippen molar-refractivity contribution in [2.24, 2.45) is 5.73 Å². The molecular weight excluding hydrogens is 326 g/mol. The molecule has 0 unspecified atom stereocenters. The number of rotatable bonds is 7. The van der Waals surface area contributed by atoms with Gasteiger partial charge in [0, 0.05) is 12.6 Å². The van der Waals surface area contributed by atoms with Crippen LogP contribution in [0.1, 0.15) is 24.0 Å². The minimum atomic E-state index is -0.659. The quantitative estimate of drug-likeness (QED) is 0.810. The zero-order valence-corrected chi connectivity index (χ0v) is 13.7. The second-order valence-corrected chi connectivity index (χ2v) is 6.25. The molecule has 1 aliphatic carbocycles. The van der Waals surface area contributed by atoms with E-state index in [9.17, 15) is 13.6 Å². The Morgan fingerprint density at radius 1 is 1.16 bits per heavy atom. The summed E-state index contributed by atoms with van der Waals surface area (Å²) in [5, 5.41) is 2.92. The van der Waals surface area contributed by atoms with Crippen molar-refractivity contribution in [1.29, 1.82) is 0 Å². The van der Waals surface area contributed by atoms with E-state index < -0.39 is 17.2 Å². The van der Waals surface area contributed by atoms with Crippen molar-refractivity contribution in [3.05, 3.63) is 65.2 Å². The molecule has 3 rings (SSSR count). The number of nitrogens with one attached hydrogen (secondary N) is 1. The summed E-state index contributed by atoms with van der Waals surface area (Å²) < 4.78 is 32.3. The molecule has 0 spiro atoms. The molecular formula is C19H20F2N2O2. The van der Waals surface area contributed by atoms with Gasteiger partial charge in [0.05, 0.1) is 12.0 Å². The van der Waals surface area contributed by atoms with Gasteiger partial charge in [-0.1, -0.05) is 12.1 Å². The Balaban J connectivity index is 1.66. The molecule has 1 aliphatic rings. The van der Waals surface area contributed by atoms with Crippen molar-refractivity contribution in [2.75, 3.05) is 13.2 Å². The molecule has 0 heterocycles. The lowest BCUT2D eigenvalue weighted by Crippen LogP contribution is -2.36. The number of amides is 1. The van der Waals surface area contributed by atoms with Crippen LogP contribution in [0, 0.1) is 11.6 Å². The smallest absolute Gasteiger partial charge is 0.225 e. The van der Waals surface area contributed by atoms with Crippen LogP contribution in [0.5, 0.6) is 5.75 Å². The number of hydrogen-bond donors (Lipinski definition) is 2. The van der Waals surface area contributed by atoms with Gasteiger partial charge in [-0.25, -0.2) is 8.78 Å². The van der Waals surface area contributed by atoms with Crippen molar-refractivity contribution in [1.82, 2.24) is 5.32 Å². The lowest BCUT2D eigenvalue weighted by Gasteiger charge is -2.18. The molecule has 0 radical (unpaired) electrons. The number of hydrogen-bond acceptors (Lipinski definition) is 3. The van der Waals surface area contributed by atoms with Gasteiger partial charge in [-0.3, -0.25) is 4.79 Å². The van der Waals surface area contributed by atoms with E-state index in [0.717, 1.165) is 11.6 Å². The highest BCUT2D eigenvalue weighted by atomic mass is 19.1. The number of ether oxygens (including phenoxy) is 1. The van der Waals surface area contributed by atoms with Gasteiger partial charge in [-0.05, 0) is 48.2 Å². The van der Waals surface area contributed by atoms with E-state index in [2.05, 4.69) is 5.32 Å². The zero-order valence-electron chi connectivity index (χ0n) is 13.7. The molecule has 0 saturated heterocycles. The van der Waals surface area contributed by atoms with Gasteiger partial charge in [-0.2, -0.15) is 0 Å². The average molecular weight is 346 g/mol. The molecule has 2 aromatic rings. The van der Waals surface area contributed by atoms with Gasteiger partial charge in [0.1, 0.15) is 24.0 Å². The third-order valence-electron chi connectivity index (χ3n) is 4.19. The second-order valence-electron chi connectivity index (χ2n) is 6.25.